The Balaban J connectivity index is 1.35. The Morgan fingerprint density at radius 2 is 1.97 bits per heavy atom. The second-order valence-corrected chi connectivity index (χ2v) is 10.3. The molecule has 1 aliphatic carbocycles. The number of benzene rings is 1. The van der Waals surface area contributed by atoms with Crippen LogP contribution in [0, 0.1) is 0 Å². The summed E-state index contributed by atoms with van der Waals surface area (Å²) in [4.78, 5) is 39.0. The summed E-state index contributed by atoms with van der Waals surface area (Å²) in [5.41, 5.74) is 1.99. The SMILES string of the molecule is CC(C)NC[C@@H](C(=O)N1CCN(c2ncnc3c2[C@H](C)CC(=O)N3)[C@@H]2CC21)c1ccc(Cl)cc1. The number of aromatic nitrogens is 2. The van der Waals surface area contributed by atoms with E-state index >= 15 is 0 Å². The number of rotatable bonds is 6. The molecule has 3 heterocycles. The van der Waals surface area contributed by atoms with E-state index in [1.165, 1.54) is 6.33 Å². The third-order valence-electron chi connectivity index (χ3n) is 7.07. The van der Waals surface area contributed by atoms with Crippen LogP contribution in [0.25, 0.3) is 0 Å². The second-order valence-electron chi connectivity index (χ2n) is 9.88. The molecule has 0 bridgehead atoms. The number of amides is 2. The number of nitrogens with zero attached hydrogens (tertiary/aromatic N) is 4. The predicted octanol–water partition coefficient (Wildman–Crippen LogP) is 3.15. The fourth-order valence-corrected chi connectivity index (χ4v) is 5.38. The smallest absolute Gasteiger partial charge is 0.231 e. The van der Waals surface area contributed by atoms with E-state index < -0.39 is 0 Å². The maximum absolute atomic E-state index is 13.8. The van der Waals surface area contributed by atoms with Gasteiger partial charge in [-0.15, -0.1) is 0 Å². The van der Waals surface area contributed by atoms with Gasteiger partial charge in [0.1, 0.15) is 18.0 Å². The van der Waals surface area contributed by atoms with E-state index in [0.717, 1.165) is 23.4 Å². The molecule has 2 aliphatic heterocycles. The van der Waals surface area contributed by atoms with Crippen LogP contribution >= 0.6 is 11.6 Å². The van der Waals surface area contributed by atoms with Crippen molar-refractivity contribution in [3.05, 3.63) is 46.7 Å². The summed E-state index contributed by atoms with van der Waals surface area (Å²) in [5, 5.41) is 7.00. The first-order chi connectivity index (χ1) is 16.3. The number of anilines is 2. The summed E-state index contributed by atoms with van der Waals surface area (Å²) >= 11 is 6.09. The van der Waals surface area contributed by atoms with Crippen LogP contribution in [0.1, 0.15) is 56.6 Å². The lowest BCUT2D eigenvalue weighted by Crippen LogP contribution is -2.51. The molecule has 2 amide bonds. The highest BCUT2D eigenvalue weighted by atomic mass is 35.5. The molecule has 1 aromatic carbocycles. The summed E-state index contributed by atoms with van der Waals surface area (Å²) < 4.78 is 0. The van der Waals surface area contributed by atoms with Gasteiger partial charge in [-0.1, -0.05) is 44.5 Å². The zero-order chi connectivity index (χ0) is 24.0. The van der Waals surface area contributed by atoms with Gasteiger partial charge < -0.3 is 20.4 Å². The van der Waals surface area contributed by atoms with Gasteiger partial charge in [0.25, 0.3) is 0 Å². The molecular formula is C25H31ClN6O2. The molecule has 2 aromatic rings. The number of halogens is 1. The first kappa shape index (κ1) is 23.1. The van der Waals surface area contributed by atoms with Gasteiger partial charge in [-0.25, -0.2) is 9.97 Å². The molecule has 9 heteroatoms. The average Bonchev–Trinajstić information content (AvgIpc) is 3.60. The molecule has 0 radical (unpaired) electrons. The fraction of sp³-hybridized carbons (Fsp3) is 0.520. The number of carbonyl (C=O) groups excluding carboxylic acids is 2. The molecule has 1 saturated heterocycles. The van der Waals surface area contributed by atoms with Gasteiger partial charge in [0.05, 0.1) is 18.0 Å². The van der Waals surface area contributed by atoms with E-state index in [4.69, 9.17) is 11.6 Å². The van der Waals surface area contributed by atoms with Crippen LogP contribution in [0.4, 0.5) is 11.6 Å². The molecule has 180 valence electrons. The minimum Gasteiger partial charge on any atom is -0.349 e. The zero-order valence-electron chi connectivity index (χ0n) is 19.8. The van der Waals surface area contributed by atoms with Crippen LogP contribution in [-0.2, 0) is 9.59 Å². The topological polar surface area (TPSA) is 90.5 Å². The number of carbonyl (C=O) groups is 2. The highest BCUT2D eigenvalue weighted by molar-refractivity contribution is 6.30. The summed E-state index contributed by atoms with van der Waals surface area (Å²) in [6.07, 6.45) is 2.89. The molecule has 0 spiro atoms. The van der Waals surface area contributed by atoms with Crippen molar-refractivity contribution in [3.63, 3.8) is 0 Å². The Morgan fingerprint density at radius 1 is 1.21 bits per heavy atom. The van der Waals surface area contributed by atoms with Gasteiger partial charge in [-0.2, -0.15) is 0 Å². The molecule has 8 nitrogen and oxygen atoms in total. The van der Waals surface area contributed by atoms with Gasteiger partial charge >= 0.3 is 0 Å². The summed E-state index contributed by atoms with van der Waals surface area (Å²) in [6, 6.07) is 8.32. The van der Waals surface area contributed by atoms with Gasteiger partial charge in [-0.05, 0) is 30.0 Å². The van der Waals surface area contributed by atoms with E-state index in [9.17, 15) is 9.59 Å². The van der Waals surface area contributed by atoms with Crippen molar-refractivity contribution in [1.82, 2.24) is 20.2 Å². The molecule has 2 fully saturated rings. The number of fused-ring (bicyclic) bond motifs is 2. The van der Waals surface area contributed by atoms with Crippen molar-refractivity contribution < 1.29 is 9.59 Å². The molecule has 1 aromatic heterocycles. The molecular weight excluding hydrogens is 452 g/mol. The van der Waals surface area contributed by atoms with E-state index in [1.807, 2.05) is 31.2 Å². The number of piperazine rings is 1. The molecule has 4 atom stereocenters. The van der Waals surface area contributed by atoms with Crippen molar-refractivity contribution in [1.29, 1.82) is 0 Å². The Kier molecular flexibility index (Phi) is 6.20. The Hall–Kier alpha value is -2.71. The van der Waals surface area contributed by atoms with E-state index in [-0.39, 0.29) is 35.7 Å². The monoisotopic (exact) mass is 482 g/mol. The van der Waals surface area contributed by atoms with Crippen molar-refractivity contribution >= 4 is 35.1 Å². The van der Waals surface area contributed by atoms with Crippen LogP contribution in [0.5, 0.6) is 0 Å². The van der Waals surface area contributed by atoms with Crippen LogP contribution in [0.3, 0.4) is 0 Å². The quantitative estimate of drug-likeness (QED) is 0.657. The van der Waals surface area contributed by atoms with Gasteiger partial charge in [-0.3, -0.25) is 9.59 Å². The lowest BCUT2D eigenvalue weighted by molar-refractivity contribution is -0.133. The zero-order valence-corrected chi connectivity index (χ0v) is 20.5. The first-order valence-corrected chi connectivity index (χ1v) is 12.4. The maximum atomic E-state index is 13.8. The third kappa shape index (κ3) is 4.36. The lowest BCUT2D eigenvalue weighted by atomic mass is 9.94. The lowest BCUT2D eigenvalue weighted by Gasteiger charge is -2.38. The summed E-state index contributed by atoms with van der Waals surface area (Å²) in [6.45, 7) is 8.17. The molecule has 1 saturated carbocycles. The molecule has 2 N–H and O–H groups in total. The molecule has 34 heavy (non-hydrogen) atoms. The largest absolute Gasteiger partial charge is 0.349 e. The van der Waals surface area contributed by atoms with E-state index in [2.05, 4.69) is 44.2 Å². The van der Waals surface area contributed by atoms with Crippen LogP contribution < -0.4 is 15.5 Å². The highest BCUT2D eigenvalue weighted by Crippen LogP contribution is 2.44. The number of hydrogen-bond acceptors (Lipinski definition) is 6. The van der Waals surface area contributed by atoms with Crippen molar-refractivity contribution in [2.75, 3.05) is 29.9 Å². The standard InChI is InChI=1S/C25H31ClN6O2/c1-14(2)27-12-18(16-4-6-17(26)7-5-16)25(34)32-9-8-31(19-11-20(19)32)24-22-15(3)10-21(33)30-23(22)28-13-29-24/h4-7,13-15,18-20,27H,8-12H2,1-3H3,(H,28,29,30,33)/t15-,18-,19-,20?/m1/s1. The molecule has 5 rings (SSSR count). The Morgan fingerprint density at radius 3 is 2.71 bits per heavy atom. The van der Waals surface area contributed by atoms with Crippen molar-refractivity contribution in [2.45, 2.75) is 63.6 Å². The van der Waals surface area contributed by atoms with E-state index in [0.29, 0.717) is 42.9 Å². The van der Waals surface area contributed by atoms with Crippen molar-refractivity contribution in [2.24, 2.45) is 0 Å². The summed E-state index contributed by atoms with van der Waals surface area (Å²) in [5.74, 6) is 1.48. The Bertz CT molecular complexity index is 1090. The summed E-state index contributed by atoms with van der Waals surface area (Å²) in [7, 11) is 0. The first-order valence-electron chi connectivity index (χ1n) is 12.0. The Labute approximate surface area is 205 Å². The second kappa shape index (κ2) is 9.15. The minimum absolute atomic E-state index is 0.00684. The third-order valence-corrected chi connectivity index (χ3v) is 7.32. The van der Waals surface area contributed by atoms with Crippen LogP contribution in [0.15, 0.2) is 30.6 Å². The maximum Gasteiger partial charge on any atom is 0.231 e. The van der Waals surface area contributed by atoms with Crippen LogP contribution in [0.2, 0.25) is 5.02 Å². The van der Waals surface area contributed by atoms with Gasteiger partial charge in [0, 0.05) is 42.7 Å². The van der Waals surface area contributed by atoms with Crippen molar-refractivity contribution in [3.8, 4) is 0 Å². The molecule has 3 aliphatic rings. The average molecular weight is 483 g/mol. The van der Waals surface area contributed by atoms with Gasteiger partial charge in [0.2, 0.25) is 11.8 Å². The predicted molar refractivity (Wildman–Crippen MR) is 132 cm³/mol. The van der Waals surface area contributed by atoms with Crippen LogP contribution in [-0.4, -0.2) is 64.4 Å². The minimum atomic E-state index is -0.255. The van der Waals surface area contributed by atoms with E-state index in [1.54, 1.807) is 0 Å². The number of hydrogen-bond donors (Lipinski definition) is 2. The number of nitrogens with one attached hydrogen (secondary N) is 2. The normalized spacial score (nSPS) is 24.4. The van der Waals surface area contributed by atoms with Gasteiger partial charge in [0.15, 0.2) is 0 Å². The fourth-order valence-electron chi connectivity index (χ4n) is 5.25. The molecule has 1 unspecified atom stereocenters. The highest BCUT2D eigenvalue weighted by Gasteiger charge is 2.52.